The summed E-state index contributed by atoms with van der Waals surface area (Å²) >= 11 is 0. The van der Waals surface area contributed by atoms with Crippen LogP contribution in [0.1, 0.15) is 33.3 Å². The van der Waals surface area contributed by atoms with Crippen molar-refractivity contribution in [3.05, 3.63) is 81.8 Å². The second kappa shape index (κ2) is 7.25. The summed E-state index contributed by atoms with van der Waals surface area (Å²) in [6.07, 6.45) is 0. The summed E-state index contributed by atoms with van der Waals surface area (Å²) in [6, 6.07) is 14.4. The van der Waals surface area contributed by atoms with Crippen LogP contribution in [0.2, 0.25) is 0 Å². The third kappa shape index (κ3) is 3.92. The van der Waals surface area contributed by atoms with Gasteiger partial charge in [-0.3, -0.25) is 14.4 Å². The Morgan fingerprint density at radius 3 is 2.52 bits per heavy atom. The number of rotatable bonds is 4. The van der Waals surface area contributed by atoms with Crippen LogP contribution < -0.4 is 10.9 Å². The van der Waals surface area contributed by atoms with Crippen LogP contribution in [-0.4, -0.2) is 26.6 Å². The molecule has 0 saturated heterocycles. The van der Waals surface area contributed by atoms with Crippen LogP contribution in [0.25, 0.3) is 5.69 Å². The number of anilines is 1. The van der Waals surface area contributed by atoms with Crippen molar-refractivity contribution in [3.63, 3.8) is 0 Å². The molecule has 7 nitrogen and oxygen atoms in total. The maximum atomic E-state index is 12.5. The number of aryl methyl sites for hydroxylation is 1. The molecule has 7 heteroatoms. The Kier molecular flexibility index (Phi) is 4.85. The van der Waals surface area contributed by atoms with E-state index in [1.165, 1.54) is 13.0 Å². The van der Waals surface area contributed by atoms with Gasteiger partial charge in [0.15, 0.2) is 17.2 Å². The molecule has 0 spiro atoms. The van der Waals surface area contributed by atoms with E-state index < -0.39 is 17.2 Å². The SMILES string of the molecule is CC(=O)c1cccc(NC(=O)c2nn(-c3cccc(C)c3)c(=O)cc2O)c1. The number of Topliss-reactive ketones (excluding diaryl/α,β-unsaturated/α-hetero) is 1. The first-order valence-corrected chi connectivity index (χ1v) is 8.18. The van der Waals surface area contributed by atoms with Crippen molar-refractivity contribution >= 4 is 17.4 Å². The standard InChI is InChI=1S/C20H17N3O4/c1-12-5-3-8-16(9-12)23-18(26)11-17(25)19(22-23)20(27)21-15-7-4-6-14(10-15)13(2)24/h3-11,25H,1-2H3,(H,21,27). The number of nitrogens with zero attached hydrogens (tertiary/aromatic N) is 2. The molecule has 0 aliphatic heterocycles. The van der Waals surface area contributed by atoms with E-state index in [1.807, 2.05) is 13.0 Å². The van der Waals surface area contributed by atoms with Crippen LogP contribution in [0.4, 0.5) is 5.69 Å². The van der Waals surface area contributed by atoms with E-state index in [2.05, 4.69) is 10.4 Å². The fourth-order valence-electron chi connectivity index (χ4n) is 2.56. The number of nitrogens with one attached hydrogen (secondary N) is 1. The molecule has 0 aliphatic carbocycles. The Balaban J connectivity index is 1.98. The molecular formula is C20H17N3O4. The molecule has 2 N–H and O–H groups in total. The van der Waals surface area contributed by atoms with Crippen molar-refractivity contribution in [3.8, 4) is 11.4 Å². The van der Waals surface area contributed by atoms with Gasteiger partial charge < -0.3 is 10.4 Å². The maximum Gasteiger partial charge on any atom is 0.279 e. The molecule has 3 aromatic rings. The molecule has 0 unspecified atom stereocenters. The summed E-state index contributed by atoms with van der Waals surface area (Å²) in [7, 11) is 0. The van der Waals surface area contributed by atoms with Crippen molar-refractivity contribution in [2.24, 2.45) is 0 Å². The Labute approximate surface area is 154 Å². The van der Waals surface area contributed by atoms with Gasteiger partial charge in [0.2, 0.25) is 0 Å². The van der Waals surface area contributed by atoms with Crippen molar-refractivity contribution in [1.29, 1.82) is 0 Å². The molecule has 27 heavy (non-hydrogen) atoms. The lowest BCUT2D eigenvalue weighted by Crippen LogP contribution is -2.25. The monoisotopic (exact) mass is 363 g/mol. The Morgan fingerprint density at radius 1 is 1.07 bits per heavy atom. The number of hydrogen-bond acceptors (Lipinski definition) is 5. The number of aromatic nitrogens is 2. The van der Waals surface area contributed by atoms with E-state index >= 15 is 0 Å². The van der Waals surface area contributed by atoms with Gasteiger partial charge in [-0.15, -0.1) is 0 Å². The first-order valence-electron chi connectivity index (χ1n) is 8.18. The van der Waals surface area contributed by atoms with Gasteiger partial charge in [0.05, 0.1) is 5.69 Å². The van der Waals surface area contributed by atoms with Crippen LogP contribution in [0.3, 0.4) is 0 Å². The number of amides is 1. The highest BCUT2D eigenvalue weighted by molar-refractivity contribution is 6.05. The van der Waals surface area contributed by atoms with Gasteiger partial charge in [-0.25, -0.2) is 0 Å². The second-order valence-corrected chi connectivity index (χ2v) is 6.06. The third-order valence-corrected chi connectivity index (χ3v) is 3.90. The van der Waals surface area contributed by atoms with Crippen molar-refractivity contribution in [1.82, 2.24) is 9.78 Å². The van der Waals surface area contributed by atoms with E-state index in [4.69, 9.17) is 0 Å². The van der Waals surface area contributed by atoms with Crippen molar-refractivity contribution in [2.75, 3.05) is 5.32 Å². The minimum atomic E-state index is -0.699. The van der Waals surface area contributed by atoms with Crippen LogP contribution in [0, 0.1) is 6.92 Å². The van der Waals surface area contributed by atoms with E-state index in [9.17, 15) is 19.5 Å². The average Bonchev–Trinajstić information content (AvgIpc) is 2.61. The van der Waals surface area contributed by atoms with Crippen LogP contribution in [0.5, 0.6) is 5.75 Å². The molecule has 0 fully saturated rings. The third-order valence-electron chi connectivity index (χ3n) is 3.90. The van der Waals surface area contributed by atoms with Gasteiger partial charge in [-0.05, 0) is 43.7 Å². The molecule has 0 bridgehead atoms. The van der Waals surface area contributed by atoms with Crippen LogP contribution in [0.15, 0.2) is 59.4 Å². The zero-order chi connectivity index (χ0) is 19.6. The highest BCUT2D eigenvalue weighted by Gasteiger charge is 2.17. The number of ketones is 1. The molecule has 1 aromatic heterocycles. The van der Waals surface area contributed by atoms with Crippen molar-refractivity contribution < 1.29 is 14.7 Å². The Bertz CT molecular complexity index is 1100. The number of hydrogen-bond donors (Lipinski definition) is 2. The quantitative estimate of drug-likeness (QED) is 0.694. The zero-order valence-electron chi connectivity index (χ0n) is 14.8. The van der Waals surface area contributed by atoms with Gasteiger partial charge >= 0.3 is 0 Å². The lowest BCUT2D eigenvalue weighted by Gasteiger charge is -2.10. The Hall–Kier alpha value is -3.74. The van der Waals surface area contributed by atoms with Gasteiger partial charge in [0.25, 0.3) is 11.5 Å². The van der Waals surface area contributed by atoms with Crippen LogP contribution in [-0.2, 0) is 0 Å². The summed E-state index contributed by atoms with van der Waals surface area (Å²) in [5, 5.41) is 16.6. The summed E-state index contributed by atoms with van der Waals surface area (Å²) in [4.78, 5) is 36.2. The number of carbonyl (C=O) groups is 2. The average molecular weight is 363 g/mol. The topological polar surface area (TPSA) is 101 Å². The van der Waals surface area contributed by atoms with E-state index in [1.54, 1.807) is 36.4 Å². The van der Waals surface area contributed by atoms with E-state index in [0.29, 0.717) is 16.9 Å². The smallest absolute Gasteiger partial charge is 0.279 e. The normalized spacial score (nSPS) is 10.4. The van der Waals surface area contributed by atoms with Gasteiger partial charge in [-0.2, -0.15) is 9.78 Å². The maximum absolute atomic E-state index is 12.5. The van der Waals surface area contributed by atoms with Crippen LogP contribution >= 0.6 is 0 Å². The summed E-state index contributed by atoms with van der Waals surface area (Å²) in [5.74, 6) is -1.36. The summed E-state index contributed by atoms with van der Waals surface area (Å²) < 4.78 is 1.05. The number of carbonyl (C=O) groups excluding carboxylic acids is 2. The summed E-state index contributed by atoms with van der Waals surface area (Å²) in [6.45, 7) is 3.29. The highest BCUT2D eigenvalue weighted by atomic mass is 16.3. The molecule has 2 aromatic carbocycles. The molecule has 0 saturated carbocycles. The predicted octanol–water partition coefficient (Wildman–Crippen LogP) is 2.70. The predicted molar refractivity (Wildman–Crippen MR) is 101 cm³/mol. The largest absolute Gasteiger partial charge is 0.505 e. The lowest BCUT2D eigenvalue weighted by atomic mass is 10.1. The summed E-state index contributed by atoms with van der Waals surface area (Å²) in [5.41, 5.74) is 1.35. The minimum Gasteiger partial charge on any atom is -0.505 e. The second-order valence-electron chi connectivity index (χ2n) is 6.06. The molecule has 136 valence electrons. The fraction of sp³-hybridized carbons (Fsp3) is 0.100. The van der Waals surface area contributed by atoms with Crippen molar-refractivity contribution in [2.45, 2.75) is 13.8 Å². The highest BCUT2D eigenvalue weighted by Crippen LogP contribution is 2.17. The molecule has 0 aliphatic rings. The van der Waals surface area contributed by atoms with Gasteiger partial charge in [-0.1, -0.05) is 24.3 Å². The van der Waals surface area contributed by atoms with Gasteiger partial charge in [0.1, 0.15) is 0 Å². The minimum absolute atomic E-state index is 0.139. The Morgan fingerprint density at radius 2 is 1.81 bits per heavy atom. The first-order chi connectivity index (χ1) is 12.8. The first kappa shape index (κ1) is 18.1. The van der Waals surface area contributed by atoms with E-state index in [-0.39, 0.29) is 11.5 Å². The molecule has 0 radical (unpaired) electrons. The molecule has 1 amide bonds. The fourth-order valence-corrected chi connectivity index (χ4v) is 2.56. The van der Waals surface area contributed by atoms with E-state index in [0.717, 1.165) is 16.3 Å². The lowest BCUT2D eigenvalue weighted by molar-refractivity contribution is 0.100. The number of benzene rings is 2. The molecule has 1 heterocycles. The molecule has 3 rings (SSSR count). The zero-order valence-corrected chi connectivity index (χ0v) is 14.8. The number of aromatic hydroxyl groups is 1. The van der Waals surface area contributed by atoms with Gasteiger partial charge in [0, 0.05) is 17.3 Å². The molecule has 0 atom stereocenters. The molecular weight excluding hydrogens is 346 g/mol.